The van der Waals surface area contributed by atoms with E-state index in [9.17, 15) is 9.59 Å². The van der Waals surface area contributed by atoms with Crippen LogP contribution in [-0.2, 0) is 4.79 Å². The van der Waals surface area contributed by atoms with Gasteiger partial charge in [0.1, 0.15) is 11.4 Å². The molecular weight excluding hydrogens is 444 g/mol. The summed E-state index contributed by atoms with van der Waals surface area (Å²) in [6.07, 6.45) is 5.03. The van der Waals surface area contributed by atoms with Gasteiger partial charge in [0.2, 0.25) is 5.91 Å². The Balaban J connectivity index is 1.17. The van der Waals surface area contributed by atoms with Crippen molar-refractivity contribution in [2.24, 2.45) is 5.92 Å². The van der Waals surface area contributed by atoms with Crippen LogP contribution < -0.4 is 9.64 Å². The first-order chi connectivity index (χ1) is 17.1. The molecule has 2 saturated heterocycles. The Morgan fingerprint density at radius 3 is 2.43 bits per heavy atom. The number of anilines is 1. The van der Waals surface area contributed by atoms with Crippen LogP contribution in [0.3, 0.4) is 0 Å². The number of ether oxygens (including phenoxy) is 1. The number of piperidine rings is 1. The minimum Gasteiger partial charge on any atom is -0.497 e. The Bertz CT molecular complexity index is 1160. The third-order valence-electron chi connectivity index (χ3n) is 6.87. The summed E-state index contributed by atoms with van der Waals surface area (Å²) in [5.74, 6) is 0.712. The van der Waals surface area contributed by atoms with E-state index in [2.05, 4.69) is 32.2 Å². The van der Waals surface area contributed by atoms with Crippen molar-refractivity contribution in [1.29, 1.82) is 0 Å². The number of likely N-dealkylation sites (tertiary alicyclic amines) is 1. The minimum absolute atomic E-state index is 0.111. The maximum atomic E-state index is 13.3. The van der Waals surface area contributed by atoms with Crippen LogP contribution in [0.4, 0.5) is 5.69 Å². The van der Waals surface area contributed by atoms with E-state index in [4.69, 9.17) is 4.74 Å². The molecule has 0 spiro atoms. The number of amides is 2. The Morgan fingerprint density at radius 2 is 1.71 bits per heavy atom. The van der Waals surface area contributed by atoms with Gasteiger partial charge in [0.15, 0.2) is 0 Å². The quantitative estimate of drug-likeness (QED) is 0.611. The molecule has 1 N–H and O–H groups in total. The number of hydrogen-bond donors (Lipinski definition) is 1. The molecule has 0 aliphatic carbocycles. The van der Waals surface area contributed by atoms with Gasteiger partial charge in [-0.05, 0) is 55.3 Å². The lowest BCUT2D eigenvalue weighted by molar-refractivity contribution is -0.137. The van der Waals surface area contributed by atoms with Crippen molar-refractivity contribution in [3.05, 3.63) is 60.6 Å². The van der Waals surface area contributed by atoms with Crippen LogP contribution in [0, 0.1) is 5.92 Å². The number of methoxy groups -OCH3 is 1. The number of nitrogens with zero attached hydrogens (tertiary/aromatic N) is 5. The molecule has 3 aromatic rings. The smallest absolute Gasteiger partial charge is 0.271 e. The van der Waals surface area contributed by atoms with Crippen LogP contribution in [0.15, 0.2) is 54.9 Å². The molecule has 35 heavy (non-hydrogen) atoms. The predicted molar refractivity (Wildman–Crippen MR) is 132 cm³/mol. The fourth-order valence-electron chi connectivity index (χ4n) is 4.87. The summed E-state index contributed by atoms with van der Waals surface area (Å²) in [6.45, 7) is 4.05. The predicted octanol–water partition coefficient (Wildman–Crippen LogP) is 2.68. The first-order valence-corrected chi connectivity index (χ1v) is 12.1. The zero-order valence-corrected chi connectivity index (χ0v) is 19.9. The van der Waals surface area contributed by atoms with Crippen LogP contribution in [0.5, 0.6) is 5.75 Å². The number of benzene rings is 1. The minimum atomic E-state index is -0.164. The monoisotopic (exact) mass is 474 g/mol. The van der Waals surface area contributed by atoms with E-state index < -0.39 is 0 Å². The molecule has 0 unspecified atom stereocenters. The molecule has 2 amide bonds. The topological polar surface area (TPSA) is 94.7 Å². The summed E-state index contributed by atoms with van der Waals surface area (Å²) in [5, 5.41) is 7.15. The fraction of sp³-hybridized carbons (Fsp3) is 0.385. The lowest BCUT2D eigenvalue weighted by atomic mass is 9.96. The van der Waals surface area contributed by atoms with Crippen molar-refractivity contribution in [1.82, 2.24) is 25.0 Å². The maximum absolute atomic E-state index is 13.3. The van der Waals surface area contributed by atoms with Crippen molar-refractivity contribution in [3.8, 4) is 17.0 Å². The highest BCUT2D eigenvalue weighted by Gasteiger charge is 2.33. The Hall–Kier alpha value is -3.88. The van der Waals surface area contributed by atoms with Gasteiger partial charge in [0, 0.05) is 62.9 Å². The normalized spacial score (nSPS) is 18.4. The molecule has 5 rings (SSSR count). The van der Waals surface area contributed by atoms with Gasteiger partial charge in [-0.3, -0.25) is 19.7 Å². The van der Waals surface area contributed by atoms with Crippen molar-refractivity contribution in [2.75, 3.05) is 51.3 Å². The number of hydrogen-bond acceptors (Lipinski definition) is 6. The second-order valence-electron chi connectivity index (χ2n) is 9.00. The average molecular weight is 475 g/mol. The molecule has 0 bridgehead atoms. The molecular formula is C26H30N6O3. The summed E-state index contributed by atoms with van der Waals surface area (Å²) in [6, 6.07) is 13.5. The van der Waals surface area contributed by atoms with Gasteiger partial charge in [0.05, 0.1) is 18.7 Å². The molecule has 182 valence electrons. The number of carbonyl (C=O) groups excluding carboxylic acids is 2. The van der Waals surface area contributed by atoms with Crippen LogP contribution in [0.1, 0.15) is 23.3 Å². The van der Waals surface area contributed by atoms with E-state index in [0.717, 1.165) is 42.9 Å². The lowest BCUT2D eigenvalue weighted by Crippen LogP contribution is -2.53. The Morgan fingerprint density at radius 1 is 0.971 bits per heavy atom. The molecule has 9 heteroatoms. The van der Waals surface area contributed by atoms with Gasteiger partial charge in [-0.25, -0.2) is 0 Å². The fourth-order valence-corrected chi connectivity index (χ4v) is 4.87. The summed E-state index contributed by atoms with van der Waals surface area (Å²) in [4.78, 5) is 36.5. The van der Waals surface area contributed by atoms with Crippen LogP contribution >= 0.6 is 0 Å². The maximum Gasteiger partial charge on any atom is 0.271 e. The average Bonchev–Trinajstić information content (AvgIpc) is 3.43. The number of carbonyl (C=O) groups is 2. The molecule has 1 atom stereocenters. The second kappa shape index (κ2) is 10.2. The summed E-state index contributed by atoms with van der Waals surface area (Å²) >= 11 is 0. The zero-order chi connectivity index (χ0) is 24.2. The molecule has 4 heterocycles. The van der Waals surface area contributed by atoms with Crippen molar-refractivity contribution in [2.45, 2.75) is 12.8 Å². The van der Waals surface area contributed by atoms with E-state index in [0.29, 0.717) is 37.6 Å². The lowest BCUT2D eigenvalue weighted by Gasteiger charge is -2.39. The van der Waals surface area contributed by atoms with Gasteiger partial charge in [-0.2, -0.15) is 5.10 Å². The molecule has 0 saturated carbocycles. The Kier molecular flexibility index (Phi) is 6.65. The molecule has 2 aromatic heterocycles. The van der Waals surface area contributed by atoms with E-state index in [-0.39, 0.29) is 17.7 Å². The van der Waals surface area contributed by atoms with E-state index in [1.165, 1.54) is 0 Å². The molecule has 2 aliphatic heterocycles. The van der Waals surface area contributed by atoms with Crippen LogP contribution in [0.2, 0.25) is 0 Å². The Labute approximate surface area is 204 Å². The SMILES string of the molecule is COc1ccc(N2CCN(C(=O)[C@H]3CCCN(C(=O)c4cc(-c5ccncc5)n[nH]4)C3)CC2)cc1. The van der Waals surface area contributed by atoms with Gasteiger partial charge >= 0.3 is 0 Å². The van der Waals surface area contributed by atoms with Crippen molar-refractivity contribution >= 4 is 17.5 Å². The molecule has 1 aromatic carbocycles. The highest BCUT2D eigenvalue weighted by molar-refractivity contribution is 5.94. The number of H-pyrrole nitrogens is 1. The molecule has 0 radical (unpaired) electrons. The van der Waals surface area contributed by atoms with E-state index in [1.54, 1.807) is 30.5 Å². The summed E-state index contributed by atoms with van der Waals surface area (Å²) in [5.41, 5.74) is 3.18. The highest BCUT2D eigenvalue weighted by Crippen LogP contribution is 2.24. The third kappa shape index (κ3) is 4.99. The van der Waals surface area contributed by atoms with E-state index >= 15 is 0 Å². The van der Waals surface area contributed by atoms with Gasteiger partial charge < -0.3 is 19.4 Å². The largest absolute Gasteiger partial charge is 0.497 e. The number of pyridine rings is 1. The van der Waals surface area contributed by atoms with Crippen molar-refractivity contribution < 1.29 is 14.3 Å². The molecule has 2 fully saturated rings. The van der Waals surface area contributed by atoms with E-state index in [1.807, 2.05) is 29.2 Å². The number of aromatic nitrogens is 3. The van der Waals surface area contributed by atoms with Gasteiger partial charge in [-0.1, -0.05) is 0 Å². The molecule has 2 aliphatic rings. The van der Waals surface area contributed by atoms with Crippen LogP contribution in [-0.4, -0.2) is 83.2 Å². The van der Waals surface area contributed by atoms with Crippen molar-refractivity contribution in [3.63, 3.8) is 0 Å². The van der Waals surface area contributed by atoms with Gasteiger partial charge in [-0.15, -0.1) is 0 Å². The number of aromatic amines is 1. The highest BCUT2D eigenvalue weighted by atomic mass is 16.5. The standard InChI is InChI=1S/C26H30N6O3/c1-35-22-6-4-21(5-7-22)30-13-15-31(16-14-30)25(33)20-3-2-12-32(18-20)26(34)24-17-23(28-29-24)19-8-10-27-11-9-19/h4-11,17,20H,2-3,12-16,18H2,1H3,(H,28,29)/t20-/m0/s1. The zero-order valence-electron chi connectivity index (χ0n) is 19.9. The summed E-state index contributed by atoms with van der Waals surface area (Å²) < 4.78 is 5.24. The number of rotatable bonds is 5. The molecule has 9 nitrogen and oxygen atoms in total. The number of piperazine rings is 1. The third-order valence-corrected chi connectivity index (χ3v) is 6.87. The summed E-state index contributed by atoms with van der Waals surface area (Å²) in [7, 11) is 1.66. The van der Waals surface area contributed by atoms with Crippen LogP contribution in [0.25, 0.3) is 11.3 Å². The van der Waals surface area contributed by atoms with Gasteiger partial charge in [0.25, 0.3) is 5.91 Å². The number of nitrogens with one attached hydrogen (secondary N) is 1. The first-order valence-electron chi connectivity index (χ1n) is 12.1. The first kappa shape index (κ1) is 22.9. The second-order valence-corrected chi connectivity index (χ2v) is 9.00.